The summed E-state index contributed by atoms with van der Waals surface area (Å²) in [6.45, 7) is 2.16. The summed E-state index contributed by atoms with van der Waals surface area (Å²) in [5.41, 5.74) is 4.50. The molecule has 0 fully saturated rings. The Morgan fingerprint density at radius 3 is 2.50 bits per heavy atom. The van der Waals surface area contributed by atoms with E-state index >= 15 is 0 Å². The molecular formula is C17H14ClNS. The summed E-state index contributed by atoms with van der Waals surface area (Å²) in [5, 5.41) is 3.79. The number of halogens is 1. The molecule has 3 aromatic rings. The van der Waals surface area contributed by atoms with Gasteiger partial charge in [0, 0.05) is 16.5 Å². The molecule has 0 radical (unpaired) electrons. The van der Waals surface area contributed by atoms with Gasteiger partial charge in [-0.05, 0) is 18.1 Å². The van der Waals surface area contributed by atoms with Gasteiger partial charge in [-0.15, -0.1) is 11.3 Å². The lowest BCUT2D eigenvalue weighted by Crippen LogP contribution is -1.82. The van der Waals surface area contributed by atoms with Crippen LogP contribution < -0.4 is 0 Å². The van der Waals surface area contributed by atoms with E-state index in [4.69, 9.17) is 16.6 Å². The molecule has 1 heterocycles. The number of benzene rings is 2. The van der Waals surface area contributed by atoms with Crippen LogP contribution in [0.15, 0.2) is 53.9 Å². The second kappa shape index (κ2) is 5.78. The zero-order valence-electron chi connectivity index (χ0n) is 11.1. The van der Waals surface area contributed by atoms with Crippen LogP contribution in [0.5, 0.6) is 0 Å². The van der Waals surface area contributed by atoms with Crippen LogP contribution in [0.4, 0.5) is 0 Å². The first-order chi connectivity index (χ1) is 9.78. The Bertz CT molecular complexity index is 716. The Kier molecular flexibility index (Phi) is 3.86. The van der Waals surface area contributed by atoms with Crippen molar-refractivity contribution in [3.8, 4) is 21.8 Å². The lowest BCUT2D eigenvalue weighted by atomic mass is 10.1. The van der Waals surface area contributed by atoms with Crippen LogP contribution in [0, 0.1) is 0 Å². The second-order valence-corrected chi connectivity index (χ2v) is 5.83. The molecule has 0 saturated heterocycles. The first kappa shape index (κ1) is 13.3. The van der Waals surface area contributed by atoms with Crippen molar-refractivity contribution in [2.45, 2.75) is 13.3 Å². The third-order valence-corrected chi connectivity index (χ3v) is 4.47. The molecule has 100 valence electrons. The number of aromatic nitrogens is 1. The Balaban J connectivity index is 1.95. The molecule has 3 heteroatoms. The fourth-order valence-corrected chi connectivity index (χ4v) is 3.23. The topological polar surface area (TPSA) is 12.9 Å². The molecule has 0 aliphatic heterocycles. The predicted molar refractivity (Wildman–Crippen MR) is 87.4 cm³/mol. The van der Waals surface area contributed by atoms with Crippen LogP contribution in [0.1, 0.15) is 12.5 Å². The standard InChI is InChI=1S/C17H14ClNS/c1-2-12-7-9-13(10-8-12)16-11-20-17(19-16)14-5-3-4-6-15(14)18/h3-11H,2H2,1H3. The number of rotatable bonds is 3. The molecule has 3 rings (SSSR count). The summed E-state index contributed by atoms with van der Waals surface area (Å²) >= 11 is 7.85. The molecule has 1 aromatic heterocycles. The Labute approximate surface area is 127 Å². The van der Waals surface area contributed by atoms with Gasteiger partial charge < -0.3 is 0 Å². The fraction of sp³-hybridized carbons (Fsp3) is 0.118. The summed E-state index contributed by atoms with van der Waals surface area (Å²) in [7, 11) is 0. The smallest absolute Gasteiger partial charge is 0.125 e. The van der Waals surface area contributed by atoms with Crippen molar-refractivity contribution in [3.05, 3.63) is 64.5 Å². The van der Waals surface area contributed by atoms with Gasteiger partial charge in [0.15, 0.2) is 0 Å². The predicted octanol–water partition coefficient (Wildman–Crippen LogP) is 5.69. The van der Waals surface area contributed by atoms with Gasteiger partial charge >= 0.3 is 0 Å². The van der Waals surface area contributed by atoms with Crippen molar-refractivity contribution >= 4 is 22.9 Å². The molecule has 2 aromatic carbocycles. The van der Waals surface area contributed by atoms with E-state index in [9.17, 15) is 0 Å². The van der Waals surface area contributed by atoms with Gasteiger partial charge in [-0.1, -0.05) is 61.0 Å². The number of hydrogen-bond donors (Lipinski definition) is 0. The molecular weight excluding hydrogens is 286 g/mol. The van der Waals surface area contributed by atoms with Crippen LogP contribution in [0.25, 0.3) is 21.8 Å². The number of thiazole rings is 1. The monoisotopic (exact) mass is 299 g/mol. The average Bonchev–Trinajstić information content (AvgIpc) is 2.97. The zero-order valence-corrected chi connectivity index (χ0v) is 12.7. The summed E-state index contributed by atoms with van der Waals surface area (Å²) in [6, 6.07) is 16.4. The van der Waals surface area contributed by atoms with E-state index in [1.165, 1.54) is 5.56 Å². The third kappa shape index (κ3) is 2.62. The average molecular weight is 300 g/mol. The molecule has 0 amide bonds. The third-order valence-electron chi connectivity index (χ3n) is 3.27. The van der Waals surface area contributed by atoms with E-state index in [-0.39, 0.29) is 0 Å². The second-order valence-electron chi connectivity index (χ2n) is 4.57. The molecule has 0 N–H and O–H groups in total. The van der Waals surface area contributed by atoms with Gasteiger partial charge in [0.2, 0.25) is 0 Å². The van der Waals surface area contributed by atoms with Crippen molar-refractivity contribution in [2.24, 2.45) is 0 Å². The van der Waals surface area contributed by atoms with E-state index in [0.29, 0.717) is 0 Å². The highest BCUT2D eigenvalue weighted by Crippen LogP contribution is 2.32. The van der Waals surface area contributed by atoms with Gasteiger partial charge in [0.25, 0.3) is 0 Å². The molecule has 0 spiro atoms. The van der Waals surface area contributed by atoms with Crippen LogP contribution in [0.3, 0.4) is 0 Å². The normalized spacial score (nSPS) is 10.7. The molecule has 0 saturated carbocycles. The van der Waals surface area contributed by atoms with Gasteiger partial charge in [-0.2, -0.15) is 0 Å². The highest BCUT2D eigenvalue weighted by molar-refractivity contribution is 7.13. The SMILES string of the molecule is CCc1ccc(-c2csc(-c3ccccc3Cl)n2)cc1. The zero-order chi connectivity index (χ0) is 13.9. The minimum atomic E-state index is 0.745. The highest BCUT2D eigenvalue weighted by atomic mass is 35.5. The van der Waals surface area contributed by atoms with Crippen LogP contribution in [-0.2, 0) is 6.42 Å². The van der Waals surface area contributed by atoms with Gasteiger partial charge in [-0.3, -0.25) is 0 Å². The van der Waals surface area contributed by atoms with Gasteiger partial charge in [-0.25, -0.2) is 4.98 Å². The Morgan fingerprint density at radius 1 is 1.05 bits per heavy atom. The first-order valence-electron chi connectivity index (χ1n) is 6.57. The van der Waals surface area contributed by atoms with Crippen molar-refractivity contribution in [1.82, 2.24) is 4.98 Å². The van der Waals surface area contributed by atoms with Crippen LogP contribution >= 0.6 is 22.9 Å². The maximum absolute atomic E-state index is 6.22. The molecule has 20 heavy (non-hydrogen) atoms. The molecule has 0 aliphatic rings. The maximum Gasteiger partial charge on any atom is 0.125 e. The molecule has 1 nitrogen and oxygen atoms in total. The van der Waals surface area contributed by atoms with E-state index in [1.807, 2.05) is 24.3 Å². The summed E-state index contributed by atoms with van der Waals surface area (Å²) < 4.78 is 0. The maximum atomic E-state index is 6.22. The van der Waals surface area contributed by atoms with Crippen molar-refractivity contribution in [1.29, 1.82) is 0 Å². The van der Waals surface area contributed by atoms with Crippen LogP contribution in [-0.4, -0.2) is 4.98 Å². The van der Waals surface area contributed by atoms with Crippen molar-refractivity contribution in [2.75, 3.05) is 0 Å². The Morgan fingerprint density at radius 2 is 1.80 bits per heavy atom. The first-order valence-corrected chi connectivity index (χ1v) is 7.83. The molecule has 0 atom stereocenters. The molecule has 0 bridgehead atoms. The van der Waals surface area contributed by atoms with E-state index in [1.54, 1.807) is 11.3 Å². The summed E-state index contributed by atoms with van der Waals surface area (Å²) in [6.07, 6.45) is 1.06. The van der Waals surface area contributed by atoms with Gasteiger partial charge in [0.1, 0.15) is 5.01 Å². The van der Waals surface area contributed by atoms with E-state index in [2.05, 4.69) is 36.6 Å². The lowest BCUT2D eigenvalue weighted by molar-refractivity contribution is 1.14. The highest BCUT2D eigenvalue weighted by Gasteiger charge is 2.09. The quantitative estimate of drug-likeness (QED) is 0.605. The number of hydrogen-bond acceptors (Lipinski definition) is 2. The minimum Gasteiger partial charge on any atom is -0.236 e. The largest absolute Gasteiger partial charge is 0.236 e. The fourth-order valence-electron chi connectivity index (χ4n) is 2.08. The lowest BCUT2D eigenvalue weighted by Gasteiger charge is -2.00. The molecule has 0 unspecified atom stereocenters. The minimum absolute atomic E-state index is 0.745. The number of aryl methyl sites for hydroxylation is 1. The molecule has 0 aliphatic carbocycles. The van der Waals surface area contributed by atoms with E-state index in [0.717, 1.165) is 33.3 Å². The van der Waals surface area contributed by atoms with Crippen LogP contribution in [0.2, 0.25) is 5.02 Å². The number of nitrogens with zero attached hydrogens (tertiary/aromatic N) is 1. The Hall–Kier alpha value is -1.64. The van der Waals surface area contributed by atoms with E-state index < -0.39 is 0 Å². The summed E-state index contributed by atoms with van der Waals surface area (Å²) in [4.78, 5) is 4.70. The van der Waals surface area contributed by atoms with Crippen molar-refractivity contribution < 1.29 is 0 Å². The summed E-state index contributed by atoms with van der Waals surface area (Å²) in [5.74, 6) is 0. The van der Waals surface area contributed by atoms with Crippen molar-refractivity contribution in [3.63, 3.8) is 0 Å². The van der Waals surface area contributed by atoms with Gasteiger partial charge in [0.05, 0.1) is 10.7 Å².